The number of benzene rings is 3. The zero-order chi connectivity index (χ0) is 24.0. The zero-order valence-corrected chi connectivity index (χ0v) is 19.3. The quantitative estimate of drug-likeness (QED) is 0.457. The molecule has 170 valence electrons. The Morgan fingerprint density at radius 1 is 0.941 bits per heavy atom. The number of hydrogen-bond acceptors (Lipinski definition) is 5. The molecular formula is C25H20N4O4S. The molecule has 9 heteroatoms. The van der Waals surface area contributed by atoms with E-state index >= 15 is 0 Å². The molecule has 34 heavy (non-hydrogen) atoms. The SMILES string of the molecule is Cn1c(=O)n(C)c2cc(C=C3SC(=O)N(CC(=O)Nc4cccc5ccccc45)C3=O)ccc21. The molecule has 1 fully saturated rings. The Bertz CT molecular complexity index is 1590. The molecule has 0 unspecified atom stereocenters. The van der Waals surface area contributed by atoms with E-state index in [4.69, 9.17) is 0 Å². The van der Waals surface area contributed by atoms with Gasteiger partial charge >= 0.3 is 5.69 Å². The van der Waals surface area contributed by atoms with Crippen LogP contribution in [0.3, 0.4) is 0 Å². The third-order valence-corrected chi connectivity index (χ3v) is 6.74. The Kier molecular flexibility index (Phi) is 5.33. The van der Waals surface area contributed by atoms with E-state index in [-0.39, 0.29) is 17.1 Å². The van der Waals surface area contributed by atoms with E-state index in [0.717, 1.165) is 38.5 Å². The van der Waals surface area contributed by atoms with Crippen molar-refractivity contribution in [3.8, 4) is 0 Å². The molecule has 1 aromatic heterocycles. The second-order valence-corrected chi connectivity index (χ2v) is 8.98. The maximum Gasteiger partial charge on any atom is 0.328 e. The van der Waals surface area contributed by atoms with E-state index in [9.17, 15) is 19.2 Å². The first-order chi connectivity index (χ1) is 16.3. The molecule has 1 aliphatic heterocycles. The number of aromatic nitrogens is 2. The smallest absolute Gasteiger partial charge is 0.324 e. The molecule has 0 bridgehead atoms. The highest BCUT2D eigenvalue weighted by Gasteiger charge is 2.36. The number of anilines is 1. The van der Waals surface area contributed by atoms with Crippen molar-refractivity contribution in [2.24, 2.45) is 14.1 Å². The Labute approximate surface area is 198 Å². The summed E-state index contributed by atoms with van der Waals surface area (Å²) in [6, 6.07) is 18.5. The van der Waals surface area contributed by atoms with Crippen molar-refractivity contribution in [2.75, 3.05) is 11.9 Å². The summed E-state index contributed by atoms with van der Waals surface area (Å²) in [4.78, 5) is 51.4. The number of imide groups is 1. The zero-order valence-electron chi connectivity index (χ0n) is 18.4. The highest BCUT2D eigenvalue weighted by atomic mass is 32.2. The van der Waals surface area contributed by atoms with Crippen molar-refractivity contribution < 1.29 is 14.4 Å². The summed E-state index contributed by atoms with van der Waals surface area (Å²) in [7, 11) is 3.37. The van der Waals surface area contributed by atoms with Crippen LogP contribution in [-0.2, 0) is 23.7 Å². The van der Waals surface area contributed by atoms with Crippen LogP contribution in [0, 0.1) is 0 Å². The van der Waals surface area contributed by atoms with Crippen LogP contribution < -0.4 is 11.0 Å². The predicted octanol–water partition coefficient (Wildman–Crippen LogP) is 3.71. The van der Waals surface area contributed by atoms with Crippen molar-refractivity contribution in [1.82, 2.24) is 14.0 Å². The highest BCUT2D eigenvalue weighted by Crippen LogP contribution is 2.32. The largest absolute Gasteiger partial charge is 0.328 e. The molecule has 0 saturated carbocycles. The third-order valence-electron chi connectivity index (χ3n) is 5.83. The van der Waals surface area contributed by atoms with Gasteiger partial charge in [0.05, 0.1) is 15.9 Å². The van der Waals surface area contributed by atoms with Gasteiger partial charge < -0.3 is 5.32 Å². The minimum absolute atomic E-state index is 0.148. The third kappa shape index (κ3) is 3.69. The minimum atomic E-state index is -0.523. The van der Waals surface area contributed by atoms with E-state index in [2.05, 4.69) is 5.32 Å². The molecule has 4 aromatic rings. The number of carbonyl (C=O) groups excluding carboxylic acids is 3. The van der Waals surface area contributed by atoms with Gasteiger partial charge in [-0.25, -0.2) is 4.79 Å². The number of fused-ring (bicyclic) bond motifs is 2. The van der Waals surface area contributed by atoms with E-state index in [0.29, 0.717) is 11.3 Å². The molecule has 1 aliphatic rings. The summed E-state index contributed by atoms with van der Waals surface area (Å²) in [5.41, 5.74) is 2.63. The fraction of sp³-hybridized carbons (Fsp3) is 0.120. The standard InChI is InChI=1S/C25H20N4O4S/c1-27-19-11-10-15(12-20(19)28(2)24(27)32)13-21-23(31)29(25(33)34-21)14-22(30)26-18-9-5-7-16-6-3-4-8-17(16)18/h3-13H,14H2,1-2H3,(H,26,30). The summed E-state index contributed by atoms with van der Waals surface area (Å²) in [6.07, 6.45) is 1.60. The monoisotopic (exact) mass is 472 g/mol. The lowest BCUT2D eigenvalue weighted by molar-refractivity contribution is -0.127. The molecule has 5 rings (SSSR count). The summed E-state index contributed by atoms with van der Waals surface area (Å²) >= 11 is 0.790. The van der Waals surface area contributed by atoms with E-state index in [1.165, 1.54) is 4.57 Å². The van der Waals surface area contributed by atoms with Crippen LogP contribution in [-0.4, -0.2) is 37.6 Å². The van der Waals surface area contributed by atoms with Crippen LogP contribution in [0.4, 0.5) is 10.5 Å². The maximum atomic E-state index is 12.9. The lowest BCUT2D eigenvalue weighted by Crippen LogP contribution is -2.36. The Hall–Kier alpha value is -4.11. The van der Waals surface area contributed by atoms with Gasteiger partial charge in [0.1, 0.15) is 6.54 Å². The number of amides is 3. The summed E-state index contributed by atoms with van der Waals surface area (Å²) in [5, 5.41) is 4.15. The van der Waals surface area contributed by atoms with E-state index < -0.39 is 17.1 Å². The van der Waals surface area contributed by atoms with Crippen molar-refractivity contribution in [2.45, 2.75) is 0 Å². The van der Waals surface area contributed by atoms with E-state index in [1.54, 1.807) is 49.0 Å². The molecule has 8 nitrogen and oxygen atoms in total. The highest BCUT2D eigenvalue weighted by molar-refractivity contribution is 8.18. The van der Waals surface area contributed by atoms with Gasteiger partial charge in [-0.3, -0.25) is 28.4 Å². The Balaban J connectivity index is 1.35. The molecule has 0 atom stereocenters. The number of imidazole rings is 1. The normalized spacial score (nSPS) is 15.1. The van der Waals surface area contributed by atoms with Gasteiger partial charge in [-0.1, -0.05) is 42.5 Å². The lowest BCUT2D eigenvalue weighted by atomic mass is 10.1. The molecule has 0 radical (unpaired) electrons. The van der Waals surface area contributed by atoms with Crippen molar-refractivity contribution in [3.63, 3.8) is 0 Å². The lowest BCUT2D eigenvalue weighted by Gasteiger charge is -2.13. The molecule has 3 aromatic carbocycles. The van der Waals surface area contributed by atoms with Crippen LogP contribution in [0.1, 0.15) is 5.56 Å². The van der Waals surface area contributed by atoms with Crippen LogP contribution in [0.25, 0.3) is 27.9 Å². The van der Waals surface area contributed by atoms with Gasteiger partial charge in [0.2, 0.25) is 5.91 Å². The summed E-state index contributed by atoms with van der Waals surface area (Å²) in [5.74, 6) is -0.981. The van der Waals surface area contributed by atoms with Gasteiger partial charge in [0, 0.05) is 25.2 Å². The maximum absolute atomic E-state index is 12.9. The first kappa shape index (κ1) is 21.7. The fourth-order valence-electron chi connectivity index (χ4n) is 4.07. The van der Waals surface area contributed by atoms with Gasteiger partial charge in [0.25, 0.3) is 11.1 Å². The predicted molar refractivity (Wildman–Crippen MR) is 133 cm³/mol. The summed E-state index contributed by atoms with van der Waals surface area (Å²) in [6.45, 7) is -0.378. The van der Waals surface area contributed by atoms with Crippen molar-refractivity contribution in [3.05, 3.63) is 81.6 Å². The fourth-order valence-corrected chi connectivity index (χ4v) is 4.91. The molecule has 0 spiro atoms. The van der Waals surface area contributed by atoms with Crippen LogP contribution in [0.15, 0.2) is 70.4 Å². The van der Waals surface area contributed by atoms with Gasteiger partial charge in [-0.15, -0.1) is 0 Å². The molecule has 0 aliphatic carbocycles. The second kappa shape index (κ2) is 8.35. The van der Waals surface area contributed by atoms with Gasteiger partial charge in [0.15, 0.2) is 0 Å². The number of nitrogens with one attached hydrogen (secondary N) is 1. The number of thioether (sulfide) groups is 1. The minimum Gasteiger partial charge on any atom is -0.324 e. The summed E-state index contributed by atoms with van der Waals surface area (Å²) < 4.78 is 3.07. The van der Waals surface area contributed by atoms with Crippen molar-refractivity contribution >= 4 is 62.4 Å². The molecule has 1 saturated heterocycles. The van der Waals surface area contributed by atoms with Crippen LogP contribution in [0.2, 0.25) is 0 Å². The van der Waals surface area contributed by atoms with Gasteiger partial charge in [-0.05, 0) is 47.0 Å². The van der Waals surface area contributed by atoms with Crippen LogP contribution in [0.5, 0.6) is 0 Å². The Morgan fingerprint density at radius 3 is 2.50 bits per heavy atom. The average molecular weight is 473 g/mol. The molecular weight excluding hydrogens is 452 g/mol. The van der Waals surface area contributed by atoms with Crippen LogP contribution >= 0.6 is 11.8 Å². The number of rotatable bonds is 4. The van der Waals surface area contributed by atoms with Crippen molar-refractivity contribution in [1.29, 1.82) is 0 Å². The number of hydrogen-bond donors (Lipinski definition) is 1. The van der Waals surface area contributed by atoms with E-state index in [1.807, 2.05) is 36.4 Å². The average Bonchev–Trinajstić information content (AvgIpc) is 3.21. The number of aryl methyl sites for hydroxylation is 2. The topological polar surface area (TPSA) is 93.4 Å². The number of nitrogens with zero attached hydrogens (tertiary/aromatic N) is 3. The van der Waals surface area contributed by atoms with Gasteiger partial charge in [-0.2, -0.15) is 0 Å². The molecule has 2 heterocycles. The first-order valence-corrected chi connectivity index (χ1v) is 11.3. The first-order valence-electron chi connectivity index (χ1n) is 10.5. The molecule has 1 N–H and O–H groups in total. The molecule has 3 amide bonds. The second-order valence-electron chi connectivity index (χ2n) is 7.99. The Morgan fingerprint density at radius 2 is 1.68 bits per heavy atom. The number of carbonyl (C=O) groups is 3.